The summed E-state index contributed by atoms with van der Waals surface area (Å²) in [6.45, 7) is 8.32. The summed E-state index contributed by atoms with van der Waals surface area (Å²) in [5, 5.41) is 0. The van der Waals surface area contributed by atoms with Gasteiger partial charge >= 0.3 is 8.80 Å². The van der Waals surface area contributed by atoms with Crippen molar-refractivity contribution in [2.24, 2.45) is 0 Å². The van der Waals surface area contributed by atoms with Crippen LogP contribution in [0.2, 0.25) is 6.04 Å². The van der Waals surface area contributed by atoms with Crippen LogP contribution in [-0.2, 0) is 18.0 Å². The highest BCUT2D eigenvalue weighted by Gasteiger charge is 2.38. The van der Waals surface area contributed by atoms with Gasteiger partial charge in [0.25, 0.3) is 0 Å². The fourth-order valence-electron chi connectivity index (χ4n) is 1.35. The molecule has 0 atom stereocenters. The molecular formula is C11H24O4Si. The highest BCUT2D eigenvalue weighted by atomic mass is 28.4. The molecule has 0 saturated carbocycles. The van der Waals surface area contributed by atoms with Crippen LogP contribution in [0.1, 0.15) is 20.8 Å². The molecule has 0 radical (unpaired) electrons. The number of rotatable bonds is 10. The topological polar surface area (TPSA) is 36.9 Å². The predicted molar refractivity (Wildman–Crippen MR) is 66.5 cm³/mol. The number of hydrogen-bond acceptors (Lipinski definition) is 4. The summed E-state index contributed by atoms with van der Waals surface area (Å²) in [4.78, 5) is 0. The Bertz CT molecular complexity index is 168. The van der Waals surface area contributed by atoms with E-state index in [0.717, 1.165) is 0 Å². The van der Waals surface area contributed by atoms with E-state index in [-0.39, 0.29) is 0 Å². The first-order valence-electron chi connectivity index (χ1n) is 5.80. The van der Waals surface area contributed by atoms with Gasteiger partial charge in [-0.3, -0.25) is 0 Å². The molecule has 16 heavy (non-hydrogen) atoms. The summed E-state index contributed by atoms with van der Waals surface area (Å²) in [6.07, 6.45) is 3.97. The average Bonchev–Trinajstić information content (AvgIpc) is 2.26. The highest BCUT2D eigenvalue weighted by molar-refractivity contribution is 6.61. The third kappa shape index (κ3) is 6.39. The molecule has 0 heterocycles. The molecule has 0 bridgehead atoms. The lowest BCUT2D eigenvalue weighted by atomic mass is 10.5. The zero-order valence-corrected chi connectivity index (χ0v) is 11.8. The van der Waals surface area contributed by atoms with Crippen molar-refractivity contribution in [1.29, 1.82) is 0 Å². The monoisotopic (exact) mass is 248 g/mol. The summed E-state index contributed by atoms with van der Waals surface area (Å²) >= 11 is 0. The van der Waals surface area contributed by atoms with Gasteiger partial charge in [0.2, 0.25) is 0 Å². The maximum atomic E-state index is 5.69. The zero-order chi connectivity index (χ0) is 12.3. The van der Waals surface area contributed by atoms with Crippen LogP contribution in [0.5, 0.6) is 0 Å². The van der Waals surface area contributed by atoms with Crippen LogP contribution >= 0.6 is 0 Å². The smallest absolute Gasteiger partial charge is 0.381 e. The molecule has 0 N–H and O–H groups in total. The van der Waals surface area contributed by atoms with E-state index in [9.17, 15) is 0 Å². The molecule has 0 rings (SSSR count). The van der Waals surface area contributed by atoms with Crippen molar-refractivity contribution < 1.29 is 18.0 Å². The van der Waals surface area contributed by atoms with Crippen LogP contribution in [0.15, 0.2) is 12.2 Å². The maximum absolute atomic E-state index is 5.69. The molecule has 5 heteroatoms. The molecule has 4 nitrogen and oxygen atoms in total. The third-order valence-electron chi connectivity index (χ3n) is 1.89. The maximum Gasteiger partial charge on any atom is 0.504 e. The summed E-state index contributed by atoms with van der Waals surface area (Å²) < 4.78 is 22.0. The van der Waals surface area contributed by atoms with Crippen LogP contribution in [0, 0.1) is 0 Å². The van der Waals surface area contributed by atoms with Crippen LogP contribution in [0.3, 0.4) is 0 Å². The lowest BCUT2D eigenvalue weighted by molar-refractivity contribution is 0.0742. The molecule has 0 aromatic heterocycles. The van der Waals surface area contributed by atoms with Gasteiger partial charge < -0.3 is 18.0 Å². The number of allylic oxidation sites excluding steroid dienone is 1. The molecule has 0 aliphatic rings. The molecule has 0 aromatic rings. The van der Waals surface area contributed by atoms with Gasteiger partial charge in [0, 0.05) is 33.0 Å². The van der Waals surface area contributed by atoms with Crippen molar-refractivity contribution in [2.75, 3.05) is 33.5 Å². The van der Waals surface area contributed by atoms with Gasteiger partial charge in [-0.1, -0.05) is 12.2 Å². The summed E-state index contributed by atoms with van der Waals surface area (Å²) in [5.41, 5.74) is 0. The largest absolute Gasteiger partial charge is 0.504 e. The fourth-order valence-corrected chi connectivity index (χ4v) is 3.73. The summed E-state index contributed by atoms with van der Waals surface area (Å²) in [6, 6.07) is 0.700. The first-order chi connectivity index (χ1) is 7.74. The Hall–Kier alpha value is -0.203. The number of hydrogen-bond donors (Lipinski definition) is 0. The van der Waals surface area contributed by atoms with Crippen molar-refractivity contribution in [1.82, 2.24) is 0 Å². The zero-order valence-electron chi connectivity index (χ0n) is 10.8. The van der Waals surface area contributed by atoms with Crippen LogP contribution < -0.4 is 0 Å². The first-order valence-corrected chi connectivity index (χ1v) is 7.73. The van der Waals surface area contributed by atoms with E-state index in [1.54, 1.807) is 7.11 Å². The van der Waals surface area contributed by atoms with Crippen molar-refractivity contribution in [3.63, 3.8) is 0 Å². The van der Waals surface area contributed by atoms with Crippen LogP contribution in [-0.4, -0.2) is 42.3 Å². The second-order valence-corrected chi connectivity index (χ2v) is 5.75. The molecule has 0 aliphatic carbocycles. The van der Waals surface area contributed by atoms with Crippen molar-refractivity contribution >= 4 is 8.80 Å². The molecule has 0 saturated heterocycles. The molecule has 0 unspecified atom stereocenters. The van der Waals surface area contributed by atoms with Gasteiger partial charge in [0.1, 0.15) is 0 Å². The molecule has 0 aromatic carbocycles. The molecule has 0 amide bonds. The predicted octanol–water partition coefficient (Wildman–Crippen LogP) is 2.24. The first kappa shape index (κ1) is 15.8. The molecule has 0 aliphatic heterocycles. The lowest BCUT2D eigenvalue weighted by Gasteiger charge is -2.27. The van der Waals surface area contributed by atoms with Crippen molar-refractivity contribution in [3.8, 4) is 0 Å². The van der Waals surface area contributed by atoms with E-state index in [4.69, 9.17) is 18.0 Å². The van der Waals surface area contributed by atoms with E-state index in [1.165, 1.54) is 0 Å². The van der Waals surface area contributed by atoms with E-state index >= 15 is 0 Å². The highest BCUT2D eigenvalue weighted by Crippen LogP contribution is 2.16. The standard InChI is InChI=1S/C11H24O4Si/c1-5-13-16(14-6-2,15-7-3)11-9-8-10-12-4/h8-9H,5-7,10-11H2,1-4H3/b9-8-. The van der Waals surface area contributed by atoms with Crippen molar-refractivity contribution in [2.45, 2.75) is 26.8 Å². The van der Waals surface area contributed by atoms with E-state index < -0.39 is 8.80 Å². The Morgan fingerprint density at radius 1 is 0.875 bits per heavy atom. The minimum atomic E-state index is -2.49. The summed E-state index contributed by atoms with van der Waals surface area (Å²) in [7, 11) is -0.819. The van der Waals surface area contributed by atoms with E-state index in [1.807, 2.05) is 32.9 Å². The minimum Gasteiger partial charge on any atom is -0.381 e. The second kappa shape index (κ2) is 9.98. The van der Waals surface area contributed by atoms with Gasteiger partial charge in [-0.15, -0.1) is 0 Å². The Morgan fingerprint density at radius 3 is 1.75 bits per heavy atom. The van der Waals surface area contributed by atoms with Gasteiger partial charge in [-0.05, 0) is 20.8 Å². The molecule has 0 fully saturated rings. The molecule has 0 spiro atoms. The van der Waals surface area contributed by atoms with Crippen molar-refractivity contribution in [3.05, 3.63) is 12.2 Å². The Balaban J connectivity index is 4.33. The third-order valence-corrected chi connectivity index (χ3v) is 4.81. The molecule has 96 valence electrons. The van der Waals surface area contributed by atoms with E-state index in [0.29, 0.717) is 32.5 Å². The Kier molecular flexibility index (Phi) is 9.86. The van der Waals surface area contributed by atoms with Gasteiger partial charge in [0.15, 0.2) is 0 Å². The van der Waals surface area contributed by atoms with Gasteiger partial charge in [-0.2, -0.15) is 0 Å². The SMILES string of the molecule is CCO[Si](C/C=C\COC)(OCC)OCC. The van der Waals surface area contributed by atoms with Gasteiger partial charge in [-0.25, -0.2) is 0 Å². The normalized spacial score (nSPS) is 12.5. The molecular weight excluding hydrogens is 224 g/mol. The average molecular weight is 248 g/mol. The van der Waals surface area contributed by atoms with E-state index in [2.05, 4.69) is 0 Å². The summed E-state index contributed by atoms with van der Waals surface area (Å²) in [5.74, 6) is 0. The Labute approximate surface area is 99.9 Å². The minimum absolute atomic E-state index is 0.606. The van der Waals surface area contributed by atoms with Crippen LogP contribution in [0.25, 0.3) is 0 Å². The fraction of sp³-hybridized carbons (Fsp3) is 0.818. The Morgan fingerprint density at radius 2 is 1.38 bits per heavy atom. The van der Waals surface area contributed by atoms with Crippen LogP contribution in [0.4, 0.5) is 0 Å². The number of ether oxygens (including phenoxy) is 1. The lowest BCUT2D eigenvalue weighted by Crippen LogP contribution is -2.45. The number of methoxy groups -OCH3 is 1. The second-order valence-electron chi connectivity index (χ2n) is 3.11. The van der Waals surface area contributed by atoms with Gasteiger partial charge in [0.05, 0.1) is 6.61 Å². The quantitative estimate of drug-likeness (QED) is 0.439.